The smallest absolute Gasteiger partial charge is 0.328 e. The number of likely N-dealkylation sites (tertiary alicyclic amines) is 1. The molecule has 2 aliphatic rings. The van der Waals surface area contributed by atoms with E-state index in [2.05, 4.69) is 0 Å². The molecule has 1 saturated heterocycles. The second-order valence-corrected chi connectivity index (χ2v) is 8.64. The van der Waals surface area contributed by atoms with E-state index >= 15 is 0 Å². The first-order chi connectivity index (χ1) is 15.1. The van der Waals surface area contributed by atoms with E-state index in [0.29, 0.717) is 23.1 Å². The van der Waals surface area contributed by atoms with Crippen LogP contribution < -0.4 is 5.43 Å². The van der Waals surface area contributed by atoms with Gasteiger partial charge in [-0.1, -0.05) is 37.1 Å². The highest BCUT2D eigenvalue weighted by molar-refractivity contribution is 5.95. The standard InChI is InChI=1S/C25H26N2O4/c1-31-25(30)22-14-16-8-2-5-11-19(16)27(22)23(28)15-26-20-12-6-3-9-17(20)24(29)18-10-4-7-13-21(18)26/h3-4,6-7,9-10,12-13,16,19,22H,2,5,8,11,14-15H2,1H3/t16-,19-,22-/m0/s1. The van der Waals surface area contributed by atoms with Gasteiger partial charge in [0.25, 0.3) is 0 Å². The minimum absolute atomic E-state index is 0.0316. The van der Waals surface area contributed by atoms with Crippen molar-refractivity contribution in [2.24, 2.45) is 5.92 Å². The summed E-state index contributed by atoms with van der Waals surface area (Å²) in [5, 5.41) is 1.19. The molecule has 3 aromatic rings. The van der Waals surface area contributed by atoms with Crippen molar-refractivity contribution in [3.05, 3.63) is 58.8 Å². The number of benzene rings is 2. The highest BCUT2D eigenvalue weighted by Gasteiger charge is 2.47. The van der Waals surface area contributed by atoms with E-state index in [0.717, 1.165) is 36.7 Å². The number of carbonyl (C=O) groups excluding carboxylic acids is 2. The van der Waals surface area contributed by atoms with Crippen molar-refractivity contribution in [2.45, 2.75) is 50.7 Å². The Morgan fingerprint density at radius 3 is 2.23 bits per heavy atom. The lowest BCUT2D eigenvalue weighted by Crippen LogP contribution is -2.48. The number of rotatable bonds is 3. The first-order valence-electron chi connectivity index (χ1n) is 11.0. The number of nitrogens with zero attached hydrogens (tertiary/aromatic N) is 2. The summed E-state index contributed by atoms with van der Waals surface area (Å²) in [6, 6.07) is 14.3. The normalized spacial score (nSPS) is 23.1. The first-order valence-corrected chi connectivity index (χ1v) is 11.0. The molecule has 1 aliphatic carbocycles. The summed E-state index contributed by atoms with van der Waals surface area (Å²) >= 11 is 0. The van der Waals surface area contributed by atoms with Crippen LogP contribution in [0, 0.1) is 5.92 Å². The van der Waals surface area contributed by atoms with E-state index in [1.165, 1.54) is 7.11 Å². The third kappa shape index (κ3) is 3.21. The molecule has 1 aromatic heterocycles. The van der Waals surface area contributed by atoms with Crippen LogP contribution in [0.25, 0.3) is 21.8 Å². The molecule has 6 heteroatoms. The van der Waals surface area contributed by atoms with Crippen LogP contribution in [0.3, 0.4) is 0 Å². The largest absolute Gasteiger partial charge is 0.467 e. The minimum Gasteiger partial charge on any atom is -0.467 e. The maximum absolute atomic E-state index is 13.7. The van der Waals surface area contributed by atoms with Gasteiger partial charge >= 0.3 is 5.97 Å². The van der Waals surface area contributed by atoms with Crippen LogP contribution in [0.15, 0.2) is 53.3 Å². The van der Waals surface area contributed by atoms with Gasteiger partial charge < -0.3 is 14.2 Å². The summed E-state index contributed by atoms with van der Waals surface area (Å²) in [6.07, 6.45) is 4.87. The van der Waals surface area contributed by atoms with Gasteiger partial charge in [0.15, 0.2) is 5.43 Å². The highest BCUT2D eigenvalue weighted by Crippen LogP contribution is 2.40. The van der Waals surface area contributed by atoms with Gasteiger partial charge in [-0.2, -0.15) is 0 Å². The quantitative estimate of drug-likeness (QED) is 0.482. The number of hydrogen-bond donors (Lipinski definition) is 0. The van der Waals surface area contributed by atoms with Crippen LogP contribution in [-0.2, 0) is 20.9 Å². The average Bonchev–Trinajstić information content (AvgIpc) is 3.21. The highest BCUT2D eigenvalue weighted by atomic mass is 16.5. The van der Waals surface area contributed by atoms with Crippen LogP contribution in [0.4, 0.5) is 0 Å². The topological polar surface area (TPSA) is 68.6 Å². The lowest BCUT2D eigenvalue weighted by atomic mass is 9.85. The fourth-order valence-electron chi connectivity index (χ4n) is 5.63. The van der Waals surface area contributed by atoms with Gasteiger partial charge in [0.2, 0.25) is 5.91 Å². The summed E-state index contributed by atoms with van der Waals surface area (Å²) in [6.45, 7) is 0.0814. The molecule has 2 heterocycles. The summed E-state index contributed by atoms with van der Waals surface area (Å²) in [7, 11) is 1.38. The maximum atomic E-state index is 13.7. The predicted molar refractivity (Wildman–Crippen MR) is 119 cm³/mol. The van der Waals surface area contributed by atoms with E-state index in [1.807, 2.05) is 41.0 Å². The van der Waals surface area contributed by atoms with E-state index in [4.69, 9.17) is 4.74 Å². The molecule has 1 amide bonds. The zero-order chi connectivity index (χ0) is 21.5. The van der Waals surface area contributed by atoms with Gasteiger partial charge in [-0.3, -0.25) is 9.59 Å². The van der Waals surface area contributed by atoms with Gasteiger partial charge in [-0.25, -0.2) is 4.79 Å². The molecule has 0 bridgehead atoms. The van der Waals surface area contributed by atoms with Gasteiger partial charge in [-0.15, -0.1) is 0 Å². The number of fused-ring (bicyclic) bond motifs is 3. The Morgan fingerprint density at radius 1 is 0.968 bits per heavy atom. The third-order valence-corrected chi connectivity index (χ3v) is 7.02. The zero-order valence-electron chi connectivity index (χ0n) is 17.6. The number of ether oxygens (including phenoxy) is 1. The van der Waals surface area contributed by atoms with Crippen LogP contribution in [-0.4, -0.2) is 40.5 Å². The number of methoxy groups -OCH3 is 1. The van der Waals surface area contributed by atoms with Crippen molar-refractivity contribution in [1.82, 2.24) is 9.47 Å². The number of aromatic nitrogens is 1. The molecule has 2 fully saturated rings. The summed E-state index contributed by atoms with van der Waals surface area (Å²) in [5.74, 6) is -0.0783. The summed E-state index contributed by atoms with van der Waals surface area (Å²) in [4.78, 5) is 41.0. The number of hydrogen-bond acceptors (Lipinski definition) is 4. The number of carbonyl (C=O) groups is 2. The van der Waals surface area contributed by atoms with E-state index < -0.39 is 6.04 Å². The zero-order valence-corrected chi connectivity index (χ0v) is 17.6. The Morgan fingerprint density at radius 2 is 1.58 bits per heavy atom. The van der Waals surface area contributed by atoms with Gasteiger partial charge in [0.05, 0.1) is 18.1 Å². The number of para-hydroxylation sites is 2. The molecular weight excluding hydrogens is 392 g/mol. The number of esters is 1. The summed E-state index contributed by atoms with van der Waals surface area (Å²) in [5.41, 5.74) is 1.43. The van der Waals surface area contributed by atoms with E-state index in [1.54, 1.807) is 17.0 Å². The lowest BCUT2D eigenvalue weighted by Gasteiger charge is -2.33. The molecular formula is C25H26N2O4. The molecule has 31 heavy (non-hydrogen) atoms. The average molecular weight is 418 g/mol. The molecule has 1 aliphatic heterocycles. The minimum atomic E-state index is -0.525. The SMILES string of the molecule is COC(=O)[C@@H]1C[C@@H]2CCCC[C@@H]2N1C(=O)Cn1c2ccccc2c(=O)c2ccccc21. The van der Waals surface area contributed by atoms with Crippen LogP contribution >= 0.6 is 0 Å². The molecule has 0 radical (unpaired) electrons. The second-order valence-electron chi connectivity index (χ2n) is 8.64. The molecule has 2 aromatic carbocycles. The van der Waals surface area contributed by atoms with Crippen molar-refractivity contribution in [1.29, 1.82) is 0 Å². The predicted octanol–water partition coefficient (Wildman–Crippen LogP) is 3.49. The number of amides is 1. The lowest BCUT2D eigenvalue weighted by molar-refractivity contribution is -0.152. The molecule has 0 unspecified atom stereocenters. The van der Waals surface area contributed by atoms with Crippen molar-refractivity contribution in [3.8, 4) is 0 Å². The fourth-order valence-corrected chi connectivity index (χ4v) is 5.63. The monoisotopic (exact) mass is 418 g/mol. The fraction of sp³-hybridized carbons (Fsp3) is 0.400. The van der Waals surface area contributed by atoms with Gasteiger partial charge in [0, 0.05) is 16.8 Å². The van der Waals surface area contributed by atoms with Crippen LogP contribution in [0.5, 0.6) is 0 Å². The Kier molecular flexibility index (Phi) is 5.00. The number of pyridine rings is 1. The molecule has 1 saturated carbocycles. The first kappa shape index (κ1) is 19.8. The second kappa shape index (κ2) is 7.84. The Balaban J connectivity index is 1.60. The molecule has 6 nitrogen and oxygen atoms in total. The molecule has 160 valence electrons. The van der Waals surface area contributed by atoms with Crippen LogP contribution in [0.2, 0.25) is 0 Å². The van der Waals surface area contributed by atoms with E-state index in [-0.39, 0.29) is 29.9 Å². The molecule has 5 rings (SSSR count). The van der Waals surface area contributed by atoms with Crippen LogP contribution in [0.1, 0.15) is 32.1 Å². The van der Waals surface area contributed by atoms with Crippen molar-refractivity contribution < 1.29 is 14.3 Å². The van der Waals surface area contributed by atoms with Crippen molar-refractivity contribution in [2.75, 3.05) is 7.11 Å². The Hall–Kier alpha value is -3.15. The van der Waals surface area contributed by atoms with Crippen molar-refractivity contribution in [3.63, 3.8) is 0 Å². The Bertz CT molecular complexity index is 1170. The molecule has 0 spiro atoms. The maximum Gasteiger partial charge on any atom is 0.328 e. The molecule has 0 N–H and O–H groups in total. The van der Waals surface area contributed by atoms with E-state index in [9.17, 15) is 14.4 Å². The summed E-state index contributed by atoms with van der Waals surface area (Å²) < 4.78 is 6.96. The van der Waals surface area contributed by atoms with Gasteiger partial charge in [-0.05, 0) is 49.4 Å². The Labute approximate surface area is 180 Å². The van der Waals surface area contributed by atoms with Gasteiger partial charge in [0.1, 0.15) is 12.6 Å². The third-order valence-electron chi connectivity index (χ3n) is 7.02. The van der Waals surface area contributed by atoms with Crippen molar-refractivity contribution >= 4 is 33.7 Å². The molecule has 3 atom stereocenters.